The van der Waals surface area contributed by atoms with Gasteiger partial charge in [0.2, 0.25) is 0 Å². The summed E-state index contributed by atoms with van der Waals surface area (Å²) in [6.07, 6.45) is 9.23. The molecule has 2 nitrogen and oxygen atoms in total. The average molecular weight is 294 g/mol. The van der Waals surface area contributed by atoms with Crippen LogP contribution in [0, 0.1) is 19.8 Å². The Hall–Kier alpha value is -1.57. The number of aromatic nitrogens is 1. The number of nitrogens with zero attached hydrogens (tertiary/aromatic N) is 1. The standard InChI is InChI=1S/C20H26N2/c1-13-10-17-19(11-14(13)2)22-18-9-5-8-16(18)20(17)21-12-15-6-3-4-7-15/h10-11,15H,3-9,12H2,1-2H3,(H,21,22). The van der Waals surface area contributed by atoms with Crippen molar-refractivity contribution < 1.29 is 0 Å². The van der Waals surface area contributed by atoms with Crippen molar-refractivity contribution in [1.82, 2.24) is 4.98 Å². The van der Waals surface area contributed by atoms with E-state index < -0.39 is 0 Å². The van der Waals surface area contributed by atoms with Crippen LogP contribution in [0.5, 0.6) is 0 Å². The summed E-state index contributed by atoms with van der Waals surface area (Å²) < 4.78 is 0. The lowest BCUT2D eigenvalue weighted by atomic mass is 10.0. The van der Waals surface area contributed by atoms with E-state index in [-0.39, 0.29) is 0 Å². The molecule has 1 heterocycles. The molecule has 1 aromatic heterocycles. The summed E-state index contributed by atoms with van der Waals surface area (Å²) in [5.74, 6) is 0.867. The first-order valence-electron chi connectivity index (χ1n) is 8.89. The van der Waals surface area contributed by atoms with E-state index in [0.29, 0.717) is 0 Å². The van der Waals surface area contributed by atoms with Crippen molar-refractivity contribution in [3.05, 3.63) is 34.5 Å². The second-order valence-corrected chi connectivity index (χ2v) is 7.25. The van der Waals surface area contributed by atoms with Crippen molar-refractivity contribution in [1.29, 1.82) is 0 Å². The van der Waals surface area contributed by atoms with E-state index in [9.17, 15) is 0 Å². The normalized spacial score (nSPS) is 18.1. The fraction of sp³-hybridized carbons (Fsp3) is 0.550. The summed E-state index contributed by atoms with van der Waals surface area (Å²) in [6.45, 7) is 5.54. The van der Waals surface area contributed by atoms with Gasteiger partial charge in [-0.1, -0.05) is 12.8 Å². The van der Waals surface area contributed by atoms with E-state index in [4.69, 9.17) is 4.98 Å². The van der Waals surface area contributed by atoms with E-state index in [2.05, 4.69) is 31.3 Å². The zero-order valence-electron chi connectivity index (χ0n) is 13.8. The van der Waals surface area contributed by atoms with Crippen molar-refractivity contribution >= 4 is 16.6 Å². The topological polar surface area (TPSA) is 24.9 Å². The summed E-state index contributed by atoms with van der Waals surface area (Å²) in [5.41, 5.74) is 8.12. The Morgan fingerprint density at radius 3 is 2.64 bits per heavy atom. The van der Waals surface area contributed by atoms with E-state index in [0.717, 1.165) is 18.9 Å². The van der Waals surface area contributed by atoms with Crippen LogP contribution in [0.4, 0.5) is 5.69 Å². The maximum atomic E-state index is 4.96. The second-order valence-electron chi connectivity index (χ2n) is 7.25. The molecule has 22 heavy (non-hydrogen) atoms. The molecule has 1 N–H and O–H groups in total. The summed E-state index contributed by atoms with van der Waals surface area (Å²) in [5, 5.41) is 5.17. The summed E-state index contributed by atoms with van der Waals surface area (Å²) in [6, 6.07) is 4.61. The molecule has 2 aromatic rings. The number of aryl methyl sites for hydroxylation is 3. The lowest BCUT2D eigenvalue weighted by Gasteiger charge is -2.18. The molecule has 1 aromatic carbocycles. The molecular weight excluding hydrogens is 268 g/mol. The summed E-state index contributed by atoms with van der Waals surface area (Å²) in [4.78, 5) is 4.96. The molecular formula is C20H26N2. The van der Waals surface area contributed by atoms with Gasteiger partial charge in [0.25, 0.3) is 0 Å². The molecule has 0 bridgehead atoms. The molecule has 0 unspecified atom stereocenters. The molecule has 1 saturated carbocycles. The van der Waals surface area contributed by atoms with Crippen LogP contribution in [0.25, 0.3) is 10.9 Å². The minimum absolute atomic E-state index is 0.867. The Labute approximate surface area is 133 Å². The van der Waals surface area contributed by atoms with Gasteiger partial charge in [0.05, 0.1) is 5.52 Å². The smallest absolute Gasteiger partial charge is 0.0729 e. The Balaban J connectivity index is 1.77. The highest BCUT2D eigenvalue weighted by atomic mass is 14.9. The zero-order valence-corrected chi connectivity index (χ0v) is 13.8. The molecule has 0 radical (unpaired) electrons. The maximum absolute atomic E-state index is 4.96. The average Bonchev–Trinajstić information content (AvgIpc) is 3.16. The molecule has 0 spiro atoms. The first-order chi connectivity index (χ1) is 10.7. The molecule has 0 atom stereocenters. The largest absolute Gasteiger partial charge is 0.384 e. The van der Waals surface area contributed by atoms with Crippen LogP contribution in [0.3, 0.4) is 0 Å². The molecule has 0 aliphatic heterocycles. The van der Waals surface area contributed by atoms with Gasteiger partial charge in [0.15, 0.2) is 0 Å². The van der Waals surface area contributed by atoms with Crippen LogP contribution in [0.2, 0.25) is 0 Å². The number of hydrogen-bond acceptors (Lipinski definition) is 2. The molecule has 116 valence electrons. The van der Waals surface area contributed by atoms with E-state index in [1.807, 2.05) is 0 Å². The number of rotatable bonds is 3. The lowest BCUT2D eigenvalue weighted by molar-refractivity contribution is 0.580. The molecule has 2 aliphatic rings. The molecule has 0 amide bonds. The van der Waals surface area contributed by atoms with Crippen LogP contribution in [0.1, 0.15) is 54.5 Å². The number of anilines is 1. The van der Waals surface area contributed by atoms with Crippen LogP contribution < -0.4 is 5.32 Å². The third kappa shape index (κ3) is 2.39. The minimum Gasteiger partial charge on any atom is -0.384 e. The van der Waals surface area contributed by atoms with Gasteiger partial charge < -0.3 is 5.32 Å². The fourth-order valence-electron chi connectivity index (χ4n) is 4.18. The number of hydrogen-bond donors (Lipinski definition) is 1. The number of fused-ring (bicyclic) bond motifs is 2. The monoisotopic (exact) mass is 294 g/mol. The van der Waals surface area contributed by atoms with E-state index in [1.54, 1.807) is 0 Å². The fourth-order valence-corrected chi connectivity index (χ4v) is 4.18. The molecule has 2 heteroatoms. The Morgan fingerprint density at radius 1 is 1.05 bits per heavy atom. The highest BCUT2D eigenvalue weighted by Crippen LogP contribution is 2.36. The van der Waals surface area contributed by atoms with Gasteiger partial charge in [0, 0.05) is 23.3 Å². The third-order valence-corrected chi connectivity index (χ3v) is 5.67. The molecule has 2 aliphatic carbocycles. The zero-order chi connectivity index (χ0) is 15.1. The molecule has 0 saturated heterocycles. The van der Waals surface area contributed by atoms with Crippen molar-refractivity contribution in [2.24, 2.45) is 5.92 Å². The third-order valence-electron chi connectivity index (χ3n) is 5.67. The highest BCUT2D eigenvalue weighted by Gasteiger charge is 2.21. The lowest BCUT2D eigenvalue weighted by Crippen LogP contribution is -2.13. The van der Waals surface area contributed by atoms with Crippen LogP contribution in [-0.2, 0) is 12.8 Å². The van der Waals surface area contributed by atoms with Crippen molar-refractivity contribution in [2.75, 3.05) is 11.9 Å². The quantitative estimate of drug-likeness (QED) is 0.867. The van der Waals surface area contributed by atoms with Gasteiger partial charge in [-0.3, -0.25) is 4.98 Å². The van der Waals surface area contributed by atoms with Gasteiger partial charge in [-0.2, -0.15) is 0 Å². The SMILES string of the molecule is Cc1cc2nc3c(c(NCC4CCCC4)c2cc1C)CCC3. The Morgan fingerprint density at radius 2 is 1.82 bits per heavy atom. The first-order valence-corrected chi connectivity index (χ1v) is 8.89. The van der Waals surface area contributed by atoms with Crippen molar-refractivity contribution in [3.63, 3.8) is 0 Å². The number of benzene rings is 1. The van der Waals surface area contributed by atoms with Gasteiger partial charge >= 0.3 is 0 Å². The van der Waals surface area contributed by atoms with Crippen LogP contribution in [0.15, 0.2) is 12.1 Å². The predicted octanol–water partition coefficient (Wildman–Crippen LogP) is 4.94. The summed E-state index contributed by atoms with van der Waals surface area (Å²) >= 11 is 0. The van der Waals surface area contributed by atoms with E-state index in [1.165, 1.54) is 77.5 Å². The summed E-state index contributed by atoms with van der Waals surface area (Å²) in [7, 11) is 0. The Bertz CT molecular complexity index is 711. The molecule has 4 rings (SSSR count). The van der Waals surface area contributed by atoms with Gasteiger partial charge in [-0.05, 0) is 80.7 Å². The second kappa shape index (κ2) is 5.57. The van der Waals surface area contributed by atoms with Gasteiger partial charge in [0.1, 0.15) is 0 Å². The minimum atomic E-state index is 0.867. The number of nitrogens with one attached hydrogen (secondary N) is 1. The van der Waals surface area contributed by atoms with Gasteiger partial charge in [-0.15, -0.1) is 0 Å². The maximum Gasteiger partial charge on any atom is 0.0729 e. The van der Waals surface area contributed by atoms with E-state index >= 15 is 0 Å². The Kier molecular flexibility index (Phi) is 3.56. The van der Waals surface area contributed by atoms with Crippen molar-refractivity contribution in [2.45, 2.75) is 58.8 Å². The van der Waals surface area contributed by atoms with Crippen molar-refractivity contribution in [3.8, 4) is 0 Å². The van der Waals surface area contributed by atoms with Gasteiger partial charge in [-0.25, -0.2) is 0 Å². The highest BCUT2D eigenvalue weighted by molar-refractivity contribution is 5.94. The van der Waals surface area contributed by atoms with Crippen LogP contribution in [-0.4, -0.2) is 11.5 Å². The first kappa shape index (κ1) is 14.0. The number of pyridine rings is 1. The predicted molar refractivity (Wildman–Crippen MR) is 93.7 cm³/mol. The van der Waals surface area contributed by atoms with Crippen LogP contribution >= 0.6 is 0 Å². The molecule has 1 fully saturated rings.